The molecule has 88 valence electrons. The zero-order valence-corrected chi connectivity index (χ0v) is 10.4. The van der Waals surface area contributed by atoms with Gasteiger partial charge in [-0.2, -0.15) is 0 Å². The molecule has 2 aliphatic rings. The fourth-order valence-corrected chi connectivity index (χ4v) is 3.52. The predicted octanol–water partition coefficient (Wildman–Crippen LogP) is 3.97. The van der Waals surface area contributed by atoms with E-state index in [9.17, 15) is 0 Å². The van der Waals surface area contributed by atoms with Crippen molar-refractivity contribution in [1.29, 1.82) is 0 Å². The number of piperidine rings is 1. The Morgan fingerprint density at radius 1 is 1.00 bits per heavy atom. The fourth-order valence-electron chi connectivity index (χ4n) is 3.52. The lowest BCUT2D eigenvalue weighted by molar-refractivity contribution is 0.114. The summed E-state index contributed by atoms with van der Waals surface area (Å²) in [6.07, 6.45) is 14.7. The van der Waals surface area contributed by atoms with Crippen molar-refractivity contribution in [3.05, 3.63) is 0 Å². The summed E-state index contributed by atoms with van der Waals surface area (Å²) in [6, 6.07) is 1.94. The highest BCUT2D eigenvalue weighted by molar-refractivity contribution is 4.88. The zero-order chi connectivity index (χ0) is 10.5. The summed E-state index contributed by atoms with van der Waals surface area (Å²) in [5.41, 5.74) is 0. The van der Waals surface area contributed by atoms with Gasteiger partial charge in [-0.3, -0.25) is 4.90 Å². The monoisotopic (exact) mass is 209 g/mol. The lowest BCUT2D eigenvalue weighted by Gasteiger charge is -2.37. The average molecular weight is 209 g/mol. The van der Waals surface area contributed by atoms with Crippen molar-refractivity contribution in [3.8, 4) is 0 Å². The largest absolute Gasteiger partial charge is 0.297 e. The molecule has 0 amide bonds. The highest BCUT2D eigenvalue weighted by Gasteiger charge is 2.32. The number of unbranched alkanes of at least 4 members (excludes halogenated alkanes) is 3. The minimum atomic E-state index is 0.961. The summed E-state index contributed by atoms with van der Waals surface area (Å²) < 4.78 is 0. The van der Waals surface area contributed by atoms with E-state index in [-0.39, 0.29) is 0 Å². The molecule has 0 aliphatic carbocycles. The van der Waals surface area contributed by atoms with Crippen LogP contribution in [0.1, 0.15) is 71.1 Å². The van der Waals surface area contributed by atoms with Crippen LogP contribution >= 0.6 is 0 Å². The van der Waals surface area contributed by atoms with Gasteiger partial charge in [-0.1, -0.05) is 39.0 Å². The Bertz CT molecular complexity index is 178. The van der Waals surface area contributed by atoms with Gasteiger partial charge in [-0.25, -0.2) is 0 Å². The van der Waals surface area contributed by atoms with Gasteiger partial charge in [0.25, 0.3) is 0 Å². The molecule has 0 aromatic rings. The molecule has 1 heteroatoms. The molecule has 1 nitrogen and oxygen atoms in total. The van der Waals surface area contributed by atoms with Crippen LogP contribution in [-0.4, -0.2) is 23.5 Å². The topological polar surface area (TPSA) is 3.24 Å². The molecule has 0 radical (unpaired) electrons. The van der Waals surface area contributed by atoms with Crippen molar-refractivity contribution < 1.29 is 0 Å². The van der Waals surface area contributed by atoms with E-state index in [0.29, 0.717) is 0 Å². The third-order valence-corrected chi connectivity index (χ3v) is 4.36. The highest BCUT2D eigenvalue weighted by Crippen LogP contribution is 2.32. The lowest BCUT2D eigenvalue weighted by Crippen LogP contribution is -2.42. The van der Waals surface area contributed by atoms with Crippen LogP contribution in [-0.2, 0) is 0 Å². The van der Waals surface area contributed by atoms with Gasteiger partial charge < -0.3 is 0 Å². The average Bonchev–Trinajstić information content (AvgIpc) is 2.73. The normalized spacial score (nSPS) is 31.8. The first kappa shape index (κ1) is 11.4. The van der Waals surface area contributed by atoms with E-state index in [2.05, 4.69) is 11.8 Å². The van der Waals surface area contributed by atoms with E-state index in [1.165, 1.54) is 70.8 Å². The van der Waals surface area contributed by atoms with Crippen LogP contribution in [0.15, 0.2) is 0 Å². The molecule has 0 aromatic heterocycles. The second-order valence-corrected chi connectivity index (χ2v) is 5.47. The molecule has 2 heterocycles. The maximum Gasteiger partial charge on any atom is 0.00986 e. The van der Waals surface area contributed by atoms with Gasteiger partial charge in [-0.05, 0) is 38.6 Å². The lowest BCUT2D eigenvalue weighted by atomic mass is 9.93. The standard InChI is InChI=1S/C14H27N/c1-2-3-4-5-8-13-9-6-10-14-11-7-12-15(13)14/h13-14H,2-12H2,1H3/t13-,14+/m0/s1. The molecule has 2 rings (SSSR count). The van der Waals surface area contributed by atoms with Crippen LogP contribution in [0.5, 0.6) is 0 Å². The molecule has 0 aromatic carbocycles. The summed E-state index contributed by atoms with van der Waals surface area (Å²) in [6.45, 7) is 3.71. The molecule has 0 unspecified atom stereocenters. The van der Waals surface area contributed by atoms with E-state index in [4.69, 9.17) is 0 Å². The van der Waals surface area contributed by atoms with Gasteiger partial charge in [-0.15, -0.1) is 0 Å². The molecular weight excluding hydrogens is 182 g/mol. The molecule has 0 bridgehead atoms. The SMILES string of the molecule is CCCCCC[C@H]1CCC[C@@H]2CCCN21. The van der Waals surface area contributed by atoms with Crippen LogP contribution < -0.4 is 0 Å². The Hall–Kier alpha value is -0.0400. The molecule has 2 atom stereocenters. The van der Waals surface area contributed by atoms with Gasteiger partial charge in [0.1, 0.15) is 0 Å². The maximum atomic E-state index is 2.84. The first-order valence-corrected chi connectivity index (χ1v) is 7.17. The quantitative estimate of drug-likeness (QED) is 0.619. The van der Waals surface area contributed by atoms with E-state index in [1.54, 1.807) is 0 Å². The van der Waals surface area contributed by atoms with Crippen LogP contribution in [0.3, 0.4) is 0 Å². The van der Waals surface area contributed by atoms with Crippen molar-refractivity contribution in [3.63, 3.8) is 0 Å². The molecule has 2 saturated heterocycles. The van der Waals surface area contributed by atoms with Crippen LogP contribution in [0, 0.1) is 0 Å². The summed E-state index contributed by atoms with van der Waals surface area (Å²) in [5.74, 6) is 0. The second-order valence-electron chi connectivity index (χ2n) is 5.47. The van der Waals surface area contributed by atoms with E-state index in [0.717, 1.165) is 12.1 Å². The number of fused-ring (bicyclic) bond motifs is 1. The van der Waals surface area contributed by atoms with Gasteiger partial charge in [0, 0.05) is 12.1 Å². The molecule has 2 fully saturated rings. The minimum Gasteiger partial charge on any atom is -0.297 e. The van der Waals surface area contributed by atoms with Gasteiger partial charge in [0.15, 0.2) is 0 Å². The molecule has 15 heavy (non-hydrogen) atoms. The molecule has 2 aliphatic heterocycles. The highest BCUT2D eigenvalue weighted by atomic mass is 15.2. The summed E-state index contributed by atoms with van der Waals surface area (Å²) in [5, 5.41) is 0. The van der Waals surface area contributed by atoms with Crippen LogP contribution in [0.4, 0.5) is 0 Å². The molecule has 0 spiro atoms. The number of hydrogen-bond donors (Lipinski definition) is 0. The molecule has 0 N–H and O–H groups in total. The van der Waals surface area contributed by atoms with Crippen molar-refractivity contribution in [2.24, 2.45) is 0 Å². The summed E-state index contributed by atoms with van der Waals surface area (Å²) >= 11 is 0. The Labute approximate surface area is 95.2 Å². The van der Waals surface area contributed by atoms with Crippen molar-refractivity contribution in [2.45, 2.75) is 83.2 Å². The smallest absolute Gasteiger partial charge is 0.00986 e. The second kappa shape index (κ2) is 5.89. The molecular formula is C14H27N. The summed E-state index contributed by atoms with van der Waals surface area (Å²) in [7, 11) is 0. The van der Waals surface area contributed by atoms with Crippen LogP contribution in [0.2, 0.25) is 0 Å². The van der Waals surface area contributed by atoms with Gasteiger partial charge in [0.05, 0.1) is 0 Å². The first-order chi connectivity index (χ1) is 7.42. The zero-order valence-electron chi connectivity index (χ0n) is 10.4. The van der Waals surface area contributed by atoms with Gasteiger partial charge >= 0.3 is 0 Å². The minimum absolute atomic E-state index is 0.961. The predicted molar refractivity (Wildman–Crippen MR) is 66.1 cm³/mol. The number of rotatable bonds is 5. The number of nitrogens with zero attached hydrogens (tertiary/aromatic N) is 1. The van der Waals surface area contributed by atoms with Crippen molar-refractivity contribution in [2.75, 3.05) is 6.54 Å². The number of hydrogen-bond acceptors (Lipinski definition) is 1. The van der Waals surface area contributed by atoms with E-state index >= 15 is 0 Å². The van der Waals surface area contributed by atoms with E-state index in [1.807, 2.05) is 0 Å². The molecule has 0 saturated carbocycles. The van der Waals surface area contributed by atoms with Crippen LogP contribution in [0.25, 0.3) is 0 Å². The van der Waals surface area contributed by atoms with E-state index < -0.39 is 0 Å². The maximum absolute atomic E-state index is 2.84. The first-order valence-electron chi connectivity index (χ1n) is 7.17. The Balaban J connectivity index is 1.71. The Morgan fingerprint density at radius 3 is 2.73 bits per heavy atom. The summed E-state index contributed by atoms with van der Waals surface area (Å²) in [4.78, 5) is 2.84. The van der Waals surface area contributed by atoms with Crippen molar-refractivity contribution >= 4 is 0 Å². The van der Waals surface area contributed by atoms with Crippen molar-refractivity contribution in [1.82, 2.24) is 4.90 Å². The Morgan fingerprint density at radius 2 is 1.87 bits per heavy atom. The fraction of sp³-hybridized carbons (Fsp3) is 1.00. The Kier molecular flexibility index (Phi) is 4.49. The third kappa shape index (κ3) is 2.96. The van der Waals surface area contributed by atoms with Gasteiger partial charge in [0.2, 0.25) is 0 Å². The third-order valence-electron chi connectivity index (χ3n) is 4.36.